The van der Waals surface area contributed by atoms with Gasteiger partial charge in [-0.25, -0.2) is 0 Å². The lowest BCUT2D eigenvalue weighted by Crippen LogP contribution is -2.49. The Balaban J connectivity index is 1.65. The van der Waals surface area contributed by atoms with Crippen LogP contribution in [0.25, 0.3) is 0 Å². The van der Waals surface area contributed by atoms with E-state index in [0.717, 1.165) is 35.1 Å². The Morgan fingerprint density at radius 3 is 2.42 bits per heavy atom. The van der Waals surface area contributed by atoms with Gasteiger partial charge in [-0.15, -0.1) is 0 Å². The summed E-state index contributed by atoms with van der Waals surface area (Å²) in [7, 11) is 2.04. The first-order chi connectivity index (χ1) is 12.6. The number of likely N-dealkylation sites (N-methyl/N-ethyl adjacent to an activating group) is 1. The molecule has 2 aromatic rings. The van der Waals surface area contributed by atoms with Crippen molar-refractivity contribution in [2.75, 3.05) is 38.3 Å². The molecule has 2 aromatic carbocycles. The molecule has 1 amide bonds. The monoisotopic (exact) mass is 416 g/mol. The summed E-state index contributed by atoms with van der Waals surface area (Å²) < 4.78 is 6.54. The number of ether oxygens (including phenoxy) is 1. The number of halogens is 1. The summed E-state index contributed by atoms with van der Waals surface area (Å²) in [6, 6.07) is 18.3. The Morgan fingerprint density at radius 1 is 1.12 bits per heavy atom. The van der Waals surface area contributed by atoms with Gasteiger partial charge in [0.2, 0.25) is 5.91 Å². The highest BCUT2D eigenvalue weighted by Gasteiger charge is 2.41. The van der Waals surface area contributed by atoms with Gasteiger partial charge in [-0.3, -0.25) is 4.79 Å². The van der Waals surface area contributed by atoms with Gasteiger partial charge in [-0.1, -0.05) is 46.3 Å². The summed E-state index contributed by atoms with van der Waals surface area (Å²) in [4.78, 5) is 15.3. The first-order valence-corrected chi connectivity index (χ1v) is 9.79. The average Bonchev–Trinajstić information content (AvgIpc) is 2.69. The van der Waals surface area contributed by atoms with Gasteiger partial charge in [-0.05, 0) is 42.7 Å². The molecule has 0 radical (unpaired) electrons. The molecule has 4 nitrogen and oxygen atoms in total. The molecule has 0 saturated carbocycles. The van der Waals surface area contributed by atoms with Crippen LogP contribution in [0.1, 0.15) is 18.4 Å². The van der Waals surface area contributed by atoms with Crippen LogP contribution in [0.2, 0.25) is 0 Å². The molecule has 0 bridgehead atoms. The van der Waals surface area contributed by atoms with Gasteiger partial charge in [0.15, 0.2) is 0 Å². The van der Waals surface area contributed by atoms with Crippen molar-refractivity contribution in [1.82, 2.24) is 5.32 Å². The smallest absolute Gasteiger partial charge is 0.230 e. The van der Waals surface area contributed by atoms with E-state index in [1.807, 2.05) is 49.5 Å². The average molecular weight is 417 g/mol. The third-order valence-corrected chi connectivity index (χ3v) is 5.64. The maximum Gasteiger partial charge on any atom is 0.230 e. The summed E-state index contributed by atoms with van der Waals surface area (Å²) in [5, 5.41) is 3.16. The van der Waals surface area contributed by atoms with E-state index in [1.165, 1.54) is 0 Å². The molecule has 1 saturated heterocycles. The van der Waals surface area contributed by atoms with Gasteiger partial charge in [0.25, 0.3) is 0 Å². The van der Waals surface area contributed by atoms with E-state index in [0.29, 0.717) is 19.8 Å². The van der Waals surface area contributed by atoms with Crippen molar-refractivity contribution in [2.24, 2.45) is 0 Å². The number of anilines is 1. The van der Waals surface area contributed by atoms with Crippen molar-refractivity contribution in [1.29, 1.82) is 0 Å². The number of carbonyl (C=O) groups is 1. The number of nitrogens with one attached hydrogen (secondary N) is 1. The molecule has 1 heterocycles. The van der Waals surface area contributed by atoms with E-state index in [2.05, 4.69) is 38.3 Å². The lowest BCUT2D eigenvalue weighted by atomic mass is 9.73. The summed E-state index contributed by atoms with van der Waals surface area (Å²) in [6.45, 7) is 2.62. The zero-order chi connectivity index (χ0) is 18.4. The number of benzene rings is 2. The number of nitrogens with zero attached hydrogens (tertiary/aromatic N) is 1. The maximum absolute atomic E-state index is 13.1. The standard InChI is InChI=1S/C21H25BrN2O2/c1-24(19-5-3-2-4-6-19)14-13-23-20(25)21(11-15-26-16-12-21)17-7-9-18(22)10-8-17/h2-10H,11-16H2,1H3,(H,23,25). The minimum atomic E-state index is -0.496. The largest absolute Gasteiger partial charge is 0.381 e. The maximum atomic E-state index is 13.1. The van der Waals surface area contributed by atoms with Gasteiger partial charge >= 0.3 is 0 Å². The first-order valence-electron chi connectivity index (χ1n) is 9.00. The number of hydrogen-bond acceptors (Lipinski definition) is 3. The van der Waals surface area contributed by atoms with Gasteiger partial charge in [0.1, 0.15) is 0 Å². The molecule has 0 aliphatic carbocycles. The van der Waals surface area contributed by atoms with E-state index in [9.17, 15) is 4.79 Å². The van der Waals surface area contributed by atoms with Crippen molar-refractivity contribution in [3.63, 3.8) is 0 Å². The van der Waals surface area contributed by atoms with Gasteiger partial charge < -0.3 is 15.0 Å². The highest BCUT2D eigenvalue weighted by Crippen LogP contribution is 2.35. The van der Waals surface area contributed by atoms with Crippen molar-refractivity contribution >= 4 is 27.5 Å². The fourth-order valence-electron chi connectivity index (χ4n) is 3.45. The molecule has 1 fully saturated rings. The minimum Gasteiger partial charge on any atom is -0.381 e. The lowest BCUT2D eigenvalue weighted by Gasteiger charge is -2.36. The predicted octanol–water partition coefficient (Wildman–Crippen LogP) is 3.75. The second-order valence-corrected chi connectivity index (χ2v) is 7.63. The number of rotatable bonds is 6. The molecule has 1 aliphatic heterocycles. The molecule has 3 rings (SSSR count). The van der Waals surface area contributed by atoms with Gasteiger partial charge in [0.05, 0.1) is 5.41 Å². The number of hydrogen-bond donors (Lipinski definition) is 1. The zero-order valence-corrected chi connectivity index (χ0v) is 16.7. The summed E-state index contributed by atoms with van der Waals surface area (Å²) in [5.41, 5.74) is 1.72. The van der Waals surface area contributed by atoms with E-state index in [1.54, 1.807) is 0 Å². The highest BCUT2D eigenvalue weighted by atomic mass is 79.9. The normalized spacial score (nSPS) is 16.1. The third-order valence-electron chi connectivity index (χ3n) is 5.11. The molecule has 0 atom stereocenters. The van der Waals surface area contributed by atoms with Gasteiger partial charge in [-0.2, -0.15) is 0 Å². The van der Waals surface area contributed by atoms with E-state index < -0.39 is 5.41 Å². The predicted molar refractivity (Wildman–Crippen MR) is 109 cm³/mol. The molecular weight excluding hydrogens is 392 g/mol. The Morgan fingerprint density at radius 2 is 1.77 bits per heavy atom. The zero-order valence-electron chi connectivity index (χ0n) is 15.1. The van der Waals surface area contributed by atoms with Crippen molar-refractivity contribution < 1.29 is 9.53 Å². The van der Waals surface area contributed by atoms with Crippen molar-refractivity contribution in [3.8, 4) is 0 Å². The molecule has 1 aliphatic rings. The van der Waals surface area contributed by atoms with Crippen LogP contribution in [0.3, 0.4) is 0 Å². The summed E-state index contributed by atoms with van der Waals surface area (Å²) >= 11 is 3.47. The molecular formula is C21H25BrN2O2. The molecule has 5 heteroatoms. The molecule has 26 heavy (non-hydrogen) atoms. The molecule has 0 aromatic heterocycles. The highest BCUT2D eigenvalue weighted by molar-refractivity contribution is 9.10. The Kier molecular flexibility index (Phi) is 6.33. The van der Waals surface area contributed by atoms with Crippen molar-refractivity contribution in [2.45, 2.75) is 18.3 Å². The summed E-state index contributed by atoms with van der Waals surface area (Å²) in [6.07, 6.45) is 1.43. The quantitative estimate of drug-likeness (QED) is 0.779. The Bertz CT molecular complexity index is 713. The molecule has 1 N–H and O–H groups in total. The van der Waals surface area contributed by atoms with Crippen LogP contribution in [0, 0.1) is 0 Å². The number of para-hydroxylation sites is 1. The third kappa shape index (κ3) is 4.27. The first kappa shape index (κ1) is 18.9. The minimum absolute atomic E-state index is 0.101. The van der Waals surface area contributed by atoms with Crippen molar-refractivity contribution in [3.05, 3.63) is 64.6 Å². The van der Waals surface area contributed by atoms with Crippen LogP contribution in [0.5, 0.6) is 0 Å². The van der Waals surface area contributed by atoms with Crippen LogP contribution < -0.4 is 10.2 Å². The van der Waals surface area contributed by atoms with Gasteiger partial charge in [0, 0.05) is 43.5 Å². The Labute approximate surface area is 163 Å². The second-order valence-electron chi connectivity index (χ2n) is 6.71. The second kappa shape index (κ2) is 8.69. The topological polar surface area (TPSA) is 41.6 Å². The fourth-order valence-corrected chi connectivity index (χ4v) is 3.72. The van der Waals surface area contributed by atoms with Crippen LogP contribution in [-0.4, -0.2) is 39.3 Å². The SMILES string of the molecule is CN(CCNC(=O)C1(c2ccc(Br)cc2)CCOCC1)c1ccccc1. The fraction of sp³-hybridized carbons (Fsp3) is 0.381. The lowest BCUT2D eigenvalue weighted by molar-refractivity contribution is -0.130. The van der Waals surface area contributed by atoms with Crippen LogP contribution in [0.15, 0.2) is 59.1 Å². The molecule has 0 unspecified atom stereocenters. The Hall–Kier alpha value is -1.85. The van der Waals surface area contributed by atoms with Crippen LogP contribution >= 0.6 is 15.9 Å². The van der Waals surface area contributed by atoms with Crippen LogP contribution in [0.4, 0.5) is 5.69 Å². The number of amides is 1. The van der Waals surface area contributed by atoms with E-state index in [-0.39, 0.29) is 5.91 Å². The summed E-state index contributed by atoms with van der Waals surface area (Å²) in [5.74, 6) is 0.101. The molecule has 0 spiro atoms. The van der Waals surface area contributed by atoms with E-state index >= 15 is 0 Å². The van der Waals surface area contributed by atoms with Crippen LogP contribution in [-0.2, 0) is 14.9 Å². The number of carbonyl (C=O) groups excluding carboxylic acids is 1. The van der Waals surface area contributed by atoms with E-state index in [4.69, 9.17) is 4.74 Å². The molecule has 138 valence electrons.